The molecule has 27 heavy (non-hydrogen) atoms. The summed E-state index contributed by atoms with van der Waals surface area (Å²) in [5.74, 6) is 1.01. The highest BCUT2D eigenvalue weighted by Crippen LogP contribution is 2.33. The Hall–Kier alpha value is -2.74. The topological polar surface area (TPSA) is 84.9 Å². The van der Waals surface area contributed by atoms with Gasteiger partial charge >= 0.3 is 0 Å². The highest BCUT2D eigenvalue weighted by molar-refractivity contribution is 7.92. The van der Waals surface area contributed by atoms with E-state index in [0.717, 1.165) is 12.8 Å². The first-order chi connectivity index (χ1) is 13.0. The summed E-state index contributed by atoms with van der Waals surface area (Å²) < 4.78 is 39.0. The van der Waals surface area contributed by atoms with E-state index >= 15 is 0 Å². The fraction of sp³-hybridized carbons (Fsp3) is 0.316. The third-order valence-electron chi connectivity index (χ3n) is 4.56. The van der Waals surface area contributed by atoms with Crippen molar-refractivity contribution in [3.8, 4) is 11.5 Å². The van der Waals surface area contributed by atoms with Crippen molar-refractivity contribution < 1.29 is 22.7 Å². The van der Waals surface area contributed by atoms with Crippen LogP contribution in [0.4, 0.5) is 11.4 Å². The summed E-state index contributed by atoms with van der Waals surface area (Å²) in [4.78, 5) is 13.9. The van der Waals surface area contributed by atoms with Gasteiger partial charge in [-0.25, -0.2) is 8.42 Å². The molecule has 1 saturated heterocycles. The third kappa shape index (κ3) is 3.71. The van der Waals surface area contributed by atoms with E-state index < -0.39 is 10.0 Å². The van der Waals surface area contributed by atoms with Crippen LogP contribution in [-0.2, 0) is 14.8 Å². The number of hydrogen-bond acceptors (Lipinski definition) is 5. The van der Waals surface area contributed by atoms with E-state index in [1.165, 1.54) is 12.1 Å². The Labute approximate surface area is 157 Å². The molecule has 0 aliphatic carbocycles. The minimum atomic E-state index is -3.80. The molecular formula is C19H20N2O5S. The summed E-state index contributed by atoms with van der Waals surface area (Å²) in [5.41, 5.74) is 1.10. The lowest BCUT2D eigenvalue weighted by Gasteiger charge is -2.27. The highest BCUT2D eigenvalue weighted by Gasteiger charge is 2.22. The number of carbonyl (C=O) groups excluding carboxylic acids is 1. The summed E-state index contributed by atoms with van der Waals surface area (Å²) in [6.45, 7) is 1.48. The molecule has 7 nitrogen and oxygen atoms in total. The normalized spacial score (nSPS) is 16.9. The molecule has 0 unspecified atom stereocenters. The second-order valence-corrected chi connectivity index (χ2v) is 8.15. The Morgan fingerprint density at radius 1 is 0.963 bits per heavy atom. The molecule has 0 spiro atoms. The SMILES string of the molecule is O=C1CCCCN1c1cccc(NS(=O)(=O)c2ccc3c(c2)OCCO3)c1. The summed E-state index contributed by atoms with van der Waals surface area (Å²) in [7, 11) is -3.80. The molecule has 0 atom stereocenters. The van der Waals surface area contributed by atoms with Crippen LogP contribution in [0.25, 0.3) is 0 Å². The van der Waals surface area contributed by atoms with E-state index in [9.17, 15) is 13.2 Å². The van der Waals surface area contributed by atoms with Crippen molar-refractivity contribution in [3.05, 3.63) is 42.5 Å². The van der Waals surface area contributed by atoms with Gasteiger partial charge < -0.3 is 14.4 Å². The fourth-order valence-electron chi connectivity index (χ4n) is 3.22. The lowest BCUT2D eigenvalue weighted by Crippen LogP contribution is -2.35. The lowest BCUT2D eigenvalue weighted by atomic mass is 10.1. The van der Waals surface area contributed by atoms with Crippen LogP contribution in [0.5, 0.6) is 11.5 Å². The molecule has 2 aromatic carbocycles. The summed E-state index contributed by atoms with van der Waals surface area (Å²) in [6, 6.07) is 11.4. The predicted molar refractivity (Wildman–Crippen MR) is 101 cm³/mol. The zero-order chi connectivity index (χ0) is 18.9. The molecule has 0 aromatic heterocycles. The van der Waals surface area contributed by atoms with Crippen molar-refractivity contribution in [2.45, 2.75) is 24.2 Å². The first-order valence-corrected chi connectivity index (χ1v) is 10.3. The van der Waals surface area contributed by atoms with E-state index in [0.29, 0.717) is 49.1 Å². The van der Waals surface area contributed by atoms with Crippen LogP contribution in [0, 0.1) is 0 Å². The zero-order valence-electron chi connectivity index (χ0n) is 14.7. The largest absolute Gasteiger partial charge is 0.486 e. The smallest absolute Gasteiger partial charge is 0.262 e. The van der Waals surface area contributed by atoms with E-state index in [1.807, 2.05) is 6.07 Å². The Bertz CT molecular complexity index is 974. The molecule has 2 heterocycles. The van der Waals surface area contributed by atoms with Crippen LogP contribution in [0.1, 0.15) is 19.3 Å². The number of sulfonamides is 1. The molecule has 0 bridgehead atoms. The van der Waals surface area contributed by atoms with E-state index in [1.54, 1.807) is 29.2 Å². The summed E-state index contributed by atoms with van der Waals surface area (Å²) in [5, 5.41) is 0. The van der Waals surface area contributed by atoms with Gasteiger partial charge in [-0.05, 0) is 43.2 Å². The summed E-state index contributed by atoms with van der Waals surface area (Å²) in [6.07, 6.45) is 2.36. The van der Waals surface area contributed by atoms with Crippen molar-refractivity contribution in [3.63, 3.8) is 0 Å². The van der Waals surface area contributed by atoms with Gasteiger partial charge in [0, 0.05) is 24.7 Å². The number of hydrogen-bond donors (Lipinski definition) is 1. The van der Waals surface area contributed by atoms with Crippen LogP contribution in [0.15, 0.2) is 47.4 Å². The third-order valence-corrected chi connectivity index (χ3v) is 5.94. The number of benzene rings is 2. The molecule has 0 radical (unpaired) electrons. The number of nitrogens with one attached hydrogen (secondary N) is 1. The monoisotopic (exact) mass is 388 g/mol. The minimum Gasteiger partial charge on any atom is -0.486 e. The van der Waals surface area contributed by atoms with Crippen molar-refractivity contribution in [1.82, 2.24) is 0 Å². The number of fused-ring (bicyclic) bond motifs is 1. The van der Waals surface area contributed by atoms with E-state index in [4.69, 9.17) is 9.47 Å². The molecule has 2 aliphatic heterocycles. The molecule has 1 N–H and O–H groups in total. The van der Waals surface area contributed by atoms with Crippen molar-refractivity contribution in [2.75, 3.05) is 29.4 Å². The minimum absolute atomic E-state index is 0.0630. The zero-order valence-corrected chi connectivity index (χ0v) is 15.5. The Balaban J connectivity index is 1.58. The predicted octanol–water partition coefficient (Wildman–Crippen LogP) is 2.78. The van der Waals surface area contributed by atoms with E-state index in [-0.39, 0.29) is 10.8 Å². The quantitative estimate of drug-likeness (QED) is 0.871. The molecule has 1 fully saturated rings. The molecule has 2 aliphatic rings. The molecule has 0 saturated carbocycles. The van der Waals surface area contributed by atoms with Gasteiger partial charge in [0.15, 0.2) is 11.5 Å². The average molecular weight is 388 g/mol. The van der Waals surface area contributed by atoms with E-state index in [2.05, 4.69) is 4.72 Å². The van der Waals surface area contributed by atoms with Gasteiger partial charge in [0.05, 0.1) is 10.6 Å². The average Bonchev–Trinajstić information content (AvgIpc) is 2.68. The standard InChI is InChI=1S/C19H20N2O5S/c22-19-6-1-2-9-21(19)15-5-3-4-14(12-15)20-27(23,24)16-7-8-17-18(13-16)26-11-10-25-17/h3-5,7-8,12-13,20H,1-2,6,9-11H2. The second-order valence-electron chi connectivity index (χ2n) is 6.46. The molecule has 8 heteroatoms. The van der Waals surface area contributed by atoms with Gasteiger partial charge in [-0.3, -0.25) is 9.52 Å². The highest BCUT2D eigenvalue weighted by atomic mass is 32.2. The summed E-state index contributed by atoms with van der Waals surface area (Å²) >= 11 is 0. The first-order valence-electron chi connectivity index (χ1n) is 8.86. The Kier molecular flexibility index (Phi) is 4.65. The van der Waals surface area contributed by atoms with Crippen LogP contribution in [-0.4, -0.2) is 34.1 Å². The van der Waals surface area contributed by atoms with Gasteiger partial charge in [-0.15, -0.1) is 0 Å². The fourth-order valence-corrected chi connectivity index (χ4v) is 4.29. The second kappa shape index (κ2) is 7.11. The Morgan fingerprint density at radius 2 is 1.78 bits per heavy atom. The lowest BCUT2D eigenvalue weighted by molar-refractivity contribution is -0.119. The number of piperidine rings is 1. The molecule has 4 rings (SSSR count). The molecule has 2 aromatic rings. The van der Waals surface area contributed by atoms with Gasteiger partial charge in [0.2, 0.25) is 5.91 Å². The number of nitrogens with zero attached hydrogens (tertiary/aromatic N) is 1. The van der Waals surface area contributed by atoms with Gasteiger partial charge in [-0.2, -0.15) is 0 Å². The molecule has 1 amide bonds. The maximum atomic E-state index is 12.8. The van der Waals surface area contributed by atoms with Crippen molar-refractivity contribution in [2.24, 2.45) is 0 Å². The number of anilines is 2. The number of carbonyl (C=O) groups is 1. The van der Waals surface area contributed by atoms with Crippen LogP contribution < -0.4 is 19.1 Å². The van der Waals surface area contributed by atoms with Crippen molar-refractivity contribution >= 4 is 27.3 Å². The number of rotatable bonds is 4. The van der Waals surface area contributed by atoms with Gasteiger partial charge in [0.1, 0.15) is 13.2 Å². The van der Waals surface area contributed by atoms with Crippen LogP contribution in [0.3, 0.4) is 0 Å². The molecule has 142 valence electrons. The number of ether oxygens (including phenoxy) is 2. The van der Waals surface area contributed by atoms with Crippen LogP contribution in [0.2, 0.25) is 0 Å². The van der Waals surface area contributed by atoms with Crippen molar-refractivity contribution in [1.29, 1.82) is 0 Å². The maximum Gasteiger partial charge on any atom is 0.262 e. The van der Waals surface area contributed by atoms with Gasteiger partial charge in [-0.1, -0.05) is 6.07 Å². The number of amides is 1. The Morgan fingerprint density at radius 3 is 2.59 bits per heavy atom. The first kappa shape index (κ1) is 17.7. The maximum absolute atomic E-state index is 12.8. The van der Waals surface area contributed by atoms with Crippen LogP contribution >= 0.6 is 0 Å². The molecular weight excluding hydrogens is 368 g/mol. The van der Waals surface area contributed by atoms with Gasteiger partial charge in [0.25, 0.3) is 10.0 Å².